The molecule has 1 aromatic carbocycles. The fourth-order valence-electron chi connectivity index (χ4n) is 4.12. The van der Waals surface area contributed by atoms with Crippen molar-refractivity contribution in [3.05, 3.63) is 41.7 Å². The van der Waals surface area contributed by atoms with Crippen molar-refractivity contribution in [1.29, 1.82) is 0 Å². The maximum absolute atomic E-state index is 13.3. The third kappa shape index (κ3) is 3.54. The zero-order valence-electron chi connectivity index (χ0n) is 17.4. The largest absolute Gasteiger partial charge is 0.586 e. The highest BCUT2D eigenvalue weighted by atomic mass is 19.3. The summed E-state index contributed by atoms with van der Waals surface area (Å²) in [4.78, 5) is 20.9. The molecule has 1 aromatic heterocycles. The van der Waals surface area contributed by atoms with Gasteiger partial charge in [0.05, 0.1) is 0 Å². The number of carbonyl (C=O) groups excluding carboxylic acids is 1. The maximum Gasteiger partial charge on any atom is 0.586 e. The van der Waals surface area contributed by atoms with Crippen molar-refractivity contribution in [3.63, 3.8) is 0 Å². The number of alkyl halides is 2. The Bertz CT molecular complexity index is 1170. The molecule has 1 atom stereocenters. The summed E-state index contributed by atoms with van der Waals surface area (Å²) < 4.78 is 35.7. The van der Waals surface area contributed by atoms with Crippen molar-refractivity contribution in [2.75, 3.05) is 5.32 Å². The Hall–Kier alpha value is -3.60. The zero-order chi connectivity index (χ0) is 22.7. The third-order valence-corrected chi connectivity index (χ3v) is 5.41. The molecule has 0 radical (unpaired) electrons. The molecule has 1 amide bonds. The van der Waals surface area contributed by atoms with Crippen LogP contribution in [-0.2, 0) is 4.79 Å². The number of hydrogen-bond acceptors (Lipinski definition) is 7. The summed E-state index contributed by atoms with van der Waals surface area (Å²) in [7, 11) is 0. The van der Waals surface area contributed by atoms with Gasteiger partial charge in [-0.2, -0.15) is 4.99 Å². The summed E-state index contributed by atoms with van der Waals surface area (Å²) in [6, 6.07) is 8.28. The van der Waals surface area contributed by atoms with E-state index in [-0.39, 0.29) is 34.5 Å². The number of quaternary nitrogens is 1. The first-order chi connectivity index (χ1) is 15.1. The van der Waals surface area contributed by atoms with E-state index in [9.17, 15) is 13.6 Å². The molecule has 11 heteroatoms. The summed E-state index contributed by atoms with van der Waals surface area (Å²) in [5.74, 6) is 0.0720. The van der Waals surface area contributed by atoms with Gasteiger partial charge >= 0.3 is 6.29 Å². The summed E-state index contributed by atoms with van der Waals surface area (Å²) in [6.07, 6.45) is -1.95. The molecule has 9 nitrogen and oxygen atoms in total. The Morgan fingerprint density at radius 3 is 2.53 bits per heavy atom. The van der Waals surface area contributed by atoms with Crippen molar-refractivity contribution < 1.29 is 23.0 Å². The maximum atomic E-state index is 13.3. The van der Waals surface area contributed by atoms with Crippen LogP contribution < -0.4 is 25.1 Å². The molecule has 0 bridgehead atoms. The second-order valence-electron chi connectivity index (χ2n) is 8.07. The Morgan fingerprint density at radius 2 is 1.88 bits per heavy atom. The molecule has 0 spiro atoms. The van der Waals surface area contributed by atoms with Gasteiger partial charge in [-0.05, 0) is 31.1 Å². The average molecular weight is 443 g/mol. The molecule has 166 valence electrons. The normalized spacial score (nSPS) is 23.0. The number of rotatable bonds is 5. The van der Waals surface area contributed by atoms with Gasteiger partial charge in [0.25, 0.3) is 5.96 Å². The lowest BCUT2D eigenvalue weighted by Gasteiger charge is -2.28. The van der Waals surface area contributed by atoms with Crippen molar-refractivity contribution in [1.82, 2.24) is 9.58 Å². The SMILES string of the molecule is Cc1cc([N+]2(C3CC3)N=C(Nc3ccc4c(c3)OC(F)(F)O4)N=C2CC(N)=O)cc(C)n1. The van der Waals surface area contributed by atoms with E-state index in [0.717, 1.165) is 29.9 Å². The average Bonchev–Trinajstić information content (AvgIpc) is 3.39. The van der Waals surface area contributed by atoms with Crippen LogP contribution in [0.1, 0.15) is 30.7 Å². The molecule has 1 unspecified atom stereocenters. The molecule has 3 aliphatic rings. The standard InChI is InChI=1S/C21H20F2N6O3/c1-11-7-15(8-12(2)25-11)29(14-4-5-14)19(10-18(24)30)27-20(28-29)26-13-3-6-16-17(9-13)32-21(22,23)31-16/h3,6-9,14H,4-5,10H2,1-2H3,(H2-,24,26,28,30)/p+1. The first kappa shape index (κ1) is 20.3. The molecule has 2 aliphatic heterocycles. The molecule has 1 saturated carbocycles. The number of guanidine groups is 1. The molecular formula is C21H21F2N6O3+. The van der Waals surface area contributed by atoms with Gasteiger partial charge in [-0.15, -0.1) is 13.4 Å². The van der Waals surface area contributed by atoms with Crippen LogP contribution >= 0.6 is 0 Å². The first-order valence-corrected chi connectivity index (χ1v) is 10.1. The summed E-state index contributed by atoms with van der Waals surface area (Å²) in [5, 5.41) is 7.91. The lowest BCUT2D eigenvalue weighted by Crippen LogP contribution is -2.51. The molecule has 0 saturated heterocycles. The summed E-state index contributed by atoms with van der Waals surface area (Å²) in [5.41, 5.74) is 8.45. The number of benzene rings is 1. The number of primary amides is 1. The number of amidine groups is 1. The van der Waals surface area contributed by atoms with Crippen LogP contribution in [0.15, 0.2) is 40.4 Å². The van der Waals surface area contributed by atoms with Crippen LogP contribution in [0, 0.1) is 13.8 Å². The van der Waals surface area contributed by atoms with Gasteiger partial charge in [-0.25, -0.2) is 0 Å². The van der Waals surface area contributed by atoms with Crippen molar-refractivity contribution in [2.45, 2.75) is 45.4 Å². The Labute approximate surface area is 182 Å². The Morgan fingerprint density at radius 1 is 1.19 bits per heavy atom. The predicted molar refractivity (Wildman–Crippen MR) is 113 cm³/mol. The fraction of sp³-hybridized carbons (Fsp3) is 0.333. The number of aryl methyl sites for hydroxylation is 2. The highest BCUT2D eigenvalue weighted by Crippen LogP contribution is 2.44. The highest BCUT2D eigenvalue weighted by molar-refractivity contribution is 6.15. The molecule has 5 rings (SSSR count). The second-order valence-corrected chi connectivity index (χ2v) is 8.07. The first-order valence-electron chi connectivity index (χ1n) is 10.1. The second kappa shape index (κ2) is 6.95. The van der Waals surface area contributed by atoms with Crippen LogP contribution in [-0.4, -0.2) is 35.0 Å². The Balaban J connectivity index is 1.54. The summed E-state index contributed by atoms with van der Waals surface area (Å²) >= 11 is 0. The number of anilines is 1. The molecule has 3 heterocycles. The molecule has 1 fully saturated rings. The number of nitrogens with zero attached hydrogens (tertiary/aromatic N) is 4. The van der Waals surface area contributed by atoms with E-state index >= 15 is 0 Å². The number of carbonyl (C=O) groups is 1. The molecule has 2 aromatic rings. The van der Waals surface area contributed by atoms with Crippen molar-refractivity contribution in [3.8, 4) is 11.5 Å². The minimum absolute atomic E-state index is 0.0398. The van der Waals surface area contributed by atoms with Crippen LogP contribution in [0.5, 0.6) is 11.5 Å². The number of ether oxygens (including phenoxy) is 2. The summed E-state index contributed by atoms with van der Waals surface area (Å²) in [6.45, 7) is 3.79. The van der Waals surface area contributed by atoms with Crippen molar-refractivity contribution >= 4 is 29.1 Å². The van der Waals surface area contributed by atoms with E-state index in [0.29, 0.717) is 11.5 Å². The van der Waals surface area contributed by atoms with Crippen LogP contribution in [0.25, 0.3) is 0 Å². The van der Waals surface area contributed by atoms with Gasteiger partial charge in [0.15, 0.2) is 17.2 Å². The molecule has 32 heavy (non-hydrogen) atoms. The minimum atomic E-state index is -3.70. The number of fused-ring (bicyclic) bond motifs is 1. The number of halogens is 2. The van der Waals surface area contributed by atoms with Crippen LogP contribution in [0.2, 0.25) is 0 Å². The number of nitrogens with one attached hydrogen (secondary N) is 1. The van der Waals surface area contributed by atoms with Gasteiger partial charge in [0, 0.05) is 48.1 Å². The lowest BCUT2D eigenvalue weighted by molar-refractivity contribution is -0.286. The van der Waals surface area contributed by atoms with Gasteiger partial charge in [0.1, 0.15) is 12.5 Å². The van der Waals surface area contributed by atoms with Crippen LogP contribution in [0.3, 0.4) is 0 Å². The topological polar surface area (TPSA) is 111 Å². The third-order valence-electron chi connectivity index (χ3n) is 5.41. The minimum Gasteiger partial charge on any atom is -0.395 e. The smallest absolute Gasteiger partial charge is 0.395 e. The van der Waals surface area contributed by atoms with E-state index in [1.165, 1.54) is 12.1 Å². The van der Waals surface area contributed by atoms with Crippen LogP contribution in [0.4, 0.5) is 20.2 Å². The molecule has 3 N–H and O–H groups in total. The lowest BCUT2D eigenvalue weighted by atomic mass is 10.2. The van der Waals surface area contributed by atoms with E-state index in [4.69, 9.17) is 10.8 Å². The number of hydrogen-bond donors (Lipinski definition) is 2. The monoisotopic (exact) mass is 443 g/mol. The highest BCUT2D eigenvalue weighted by Gasteiger charge is 2.55. The van der Waals surface area contributed by atoms with Gasteiger partial charge < -0.3 is 20.5 Å². The predicted octanol–water partition coefficient (Wildman–Crippen LogP) is 3.16. The van der Waals surface area contributed by atoms with Crippen molar-refractivity contribution in [2.24, 2.45) is 15.8 Å². The fourth-order valence-corrected chi connectivity index (χ4v) is 4.12. The number of aliphatic imine (C=N–C) groups is 1. The number of pyridine rings is 1. The van der Waals surface area contributed by atoms with Gasteiger partial charge in [-0.3, -0.25) is 9.78 Å². The van der Waals surface area contributed by atoms with E-state index < -0.39 is 12.2 Å². The molecular weight excluding hydrogens is 422 g/mol. The number of amides is 1. The number of aromatic nitrogens is 1. The number of nitrogens with two attached hydrogens (primary N) is 1. The van der Waals surface area contributed by atoms with Gasteiger partial charge in [-0.1, -0.05) is 0 Å². The van der Waals surface area contributed by atoms with E-state index in [1.54, 1.807) is 6.07 Å². The van der Waals surface area contributed by atoms with Gasteiger partial charge in [0.2, 0.25) is 11.7 Å². The quantitative estimate of drug-likeness (QED) is 0.690. The Kier molecular flexibility index (Phi) is 4.41. The van der Waals surface area contributed by atoms with E-state index in [1.807, 2.05) is 26.0 Å². The molecule has 1 aliphatic carbocycles. The zero-order valence-corrected chi connectivity index (χ0v) is 17.4. The van der Waals surface area contributed by atoms with E-state index in [2.05, 4.69) is 24.8 Å².